The van der Waals surface area contributed by atoms with Crippen LogP contribution in [0.2, 0.25) is 0 Å². The summed E-state index contributed by atoms with van der Waals surface area (Å²) in [5.41, 5.74) is 0.979. The standard InChI is InChI=1S/C14H21N3O2/c1-11(18)17(13-4-5-13)10-14-3-2-7-16(14)9-12-6-8-19-15-12/h6,8,13-14H,2-5,7,9-10H2,1H3/t14-/m0/s1. The van der Waals surface area contributed by atoms with Gasteiger partial charge in [-0.25, -0.2) is 0 Å². The second kappa shape index (κ2) is 5.33. The fraction of sp³-hybridized carbons (Fsp3) is 0.714. The summed E-state index contributed by atoms with van der Waals surface area (Å²) in [5.74, 6) is 0.218. The lowest BCUT2D eigenvalue weighted by molar-refractivity contribution is -0.130. The largest absolute Gasteiger partial charge is 0.364 e. The van der Waals surface area contributed by atoms with E-state index in [2.05, 4.69) is 15.0 Å². The van der Waals surface area contributed by atoms with Gasteiger partial charge in [-0.05, 0) is 32.2 Å². The molecule has 3 rings (SSSR count). The van der Waals surface area contributed by atoms with E-state index in [1.54, 1.807) is 13.2 Å². The molecule has 2 heterocycles. The molecule has 1 aliphatic heterocycles. The monoisotopic (exact) mass is 263 g/mol. The van der Waals surface area contributed by atoms with Gasteiger partial charge in [-0.15, -0.1) is 0 Å². The highest BCUT2D eigenvalue weighted by molar-refractivity contribution is 5.74. The van der Waals surface area contributed by atoms with Crippen LogP contribution in [0, 0.1) is 0 Å². The molecular weight excluding hydrogens is 242 g/mol. The smallest absolute Gasteiger partial charge is 0.219 e. The van der Waals surface area contributed by atoms with Crippen molar-refractivity contribution in [2.75, 3.05) is 13.1 Å². The van der Waals surface area contributed by atoms with Gasteiger partial charge in [0.2, 0.25) is 5.91 Å². The maximum absolute atomic E-state index is 11.7. The van der Waals surface area contributed by atoms with Crippen LogP contribution in [0.25, 0.3) is 0 Å². The van der Waals surface area contributed by atoms with Crippen LogP contribution in [0.5, 0.6) is 0 Å². The summed E-state index contributed by atoms with van der Waals surface area (Å²) in [7, 11) is 0. The van der Waals surface area contributed by atoms with E-state index in [9.17, 15) is 4.79 Å². The molecule has 1 atom stereocenters. The van der Waals surface area contributed by atoms with Gasteiger partial charge in [-0.2, -0.15) is 0 Å². The van der Waals surface area contributed by atoms with Gasteiger partial charge >= 0.3 is 0 Å². The zero-order chi connectivity index (χ0) is 13.2. The predicted molar refractivity (Wildman–Crippen MR) is 70.3 cm³/mol. The lowest BCUT2D eigenvalue weighted by Crippen LogP contribution is -2.43. The average Bonchev–Trinajstić information content (AvgIpc) is 2.91. The number of likely N-dealkylation sites (tertiary alicyclic amines) is 1. The molecule has 0 radical (unpaired) electrons. The zero-order valence-corrected chi connectivity index (χ0v) is 11.4. The van der Waals surface area contributed by atoms with E-state index in [-0.39, 0.29) is 5.91 Å². The summed E-state index contributed by atoms with van der Waals surface area (Å²) < 4.78 is 4.89. The lowest BCUT2D eigenvalue weighted by Gasteiger charge is -2.30. The van der Waals surface area contributed by atoms with E-state index in [0.29, 0.717) is 12.1 Å². The summed E-state index contributed by atoms with van der Waals surface area (Å²) in [6.45, 7) is 4.48. The number of aromatic nitrogens is 1. The Kier molecular flexibility index (Phi) is 3.55. The topological polar surface area (TPSA) is 49.6 Å². The molecule has 0 unspecified atom stereocenters. The molecule has 1 amide bonds. The fourth-order valence-corrected chi connectivity index (χ4v) is 2.99. The highest BCUT2D eigenvalue weighted by atomic mass is 16.5. The zero-order valence-electron chi connectivity index (χ0n) is 11.4. The third kappa shape index (κ3) is 2.97. The molecule has 104 valence electrons. The second-order valence-electron chi connectivity index (χ2n) is 5.66. The molecule has 0 spiro atoms. The molecule has 0 N–H and O–H groups in total. The Labute approximate surface area is 113 Å². The van der Waals surface area contributed by atoms with Crippen LogP contribution in [0.15, 0.2) is 16.9 Å². The molecule has 1 saturated heterocycles. The molecule has 2 aliphatic rings. The first kappa shape index (κ1) is 12.7. The molecule has 19 heavy (non-hydrogen) atoms. The summed E-state index contributed by atoms with van der Waals surface area (Å²) in [6, 6.07) is 2.90. The summed E-state index contributed by atoms with van der Waals surface area (Å²) >= 11 is 0. The minimum Gasteiger partial charge on any atom is -0.364 e. The number of hydrogen-bond acceptors (Lipinski definition) is 4. The molecule has 0 aromatic carbocycles. The molecular formula is C14H21N3O2. The Morgan fingerprint density at radius 2 is 2.37 bits per heavy atom. The van der Waals surface area contributed by atoms with Crippen LogP contribution in [0.4, 0.5) is 0 Å². The van der Waals surface area contributed by atoms with Crippen molar-refractivity contribution in [2.24, 2.45) is 0 Å². The highest BCUT2D eigenvalue weighted by Gasteiger charge is 2.35. The number of carbonyl (C=O) groups excluding carboxylic acids is 1. The van der Waals surface area contributed by atoms with Gasteiger partial charge in [0.1, 0.15) is 6.26 Å². The molecule has 2 fully saturated rings. The number of carbonyl (C=O) groups is 1. The van der Waals surface area contributed by atoms with Crippen LogP contribution in [-0.2, 0) is 11.3 Å². The highest BCUT2D eigenvalue weighted by Crippen LogP contribution is 2.29. The van der Waals surface area contributed by atoms with Crippen molar-refractivity contribution in [2.45, 2.75) is 51.2 Å². The van der Waals surface area contributed by atoms with Crippen molar-refractivity contribution < 1.29 is 9.32 Å². The van der Waals surface area contributed by atoms with E-state index in [0.717, 1.165) is 25.3 Å². The first-order valence-corrected chi connectivity index (χ1v) is 7.14. The van der Waals surface area contributed by atoms with Gasteiger partial charge in [0.05, 0.1) is 5.69 Å². The minimum absolute atomic E-state index is 0.218. The number of nitrogens with zero attached hydrogens (tertiary/aromatic N) is 3. The second-order valence-corrected chi connectivity index (χ2v) is 5.66. The molecule has 5 nitrogen and oxygen atoms in total. The Hall–Kier alpha value is -1.36. The van der Waals surface area contributed by atoms with Crippen LogP contribution in [-0.4, -0.2) is 46.0 Å². The summed E-state index contributed by atoms with van der Waals surface area (Å²) in [5, 5.41) is 3.98. The van der Waals surface area contributed by atoms with Crippen LogP contribution in [0.3, 0.4) is 0 Å². The Morgan fingerprint density at radius 3 is 3.00 bits per heavy atom. The van der Waals surface area contributed by atoms with Gasteiger partial charge in [0.15, 0.2) is 0 Å². The van der Waals surface area contributed by atoms with Crippen LogP contribution >= 0.6 is 0 Å². The quantitative estimate of drug-likeness (QED) is 0.810. The fourth-order valence-electron chi connectivity index (χ4n) is 2.99. The van der Waals surface area contributed by atoms with Crippen molar-refractivity contribution in [1.82, 2.24) is 15.0 Å². The Bertz CT molecular complexity index is 428. The van der Waals surface area contributed by atoms with E-state index in [1.165, 1.54) is 25.7 Å². The maximum Gasteiger partial charge on any atom is 0.219 e. The molecule has 1 aliphatic carbocycles. The average molecular weight is 263 g/mol. The van der Waals surface area contributed by atoms with Crippen molar-refractivity contribution in [3.8, 4) is 0 Å². The lowest BCUT2D eigenvalue weighted by atomic mass is 10.2. The van der Waals surface area contributed by atoms with Gasteiger partial charge in [0.25, 0.3) is 0 Å². The molecule has 5 heteroatoms. The number of rotatable bonds is 5. The third-order valence-corrected chi connectivity index (χ3v) is 4.15. The minimum atomic E-state index is 0.218. The maximum atomic E-state index is 11.7. The number of amides is 1. The number of hydrogen-bond donors (Lipinski definition) is 0. The van der Waals surface area contributed by atoms with Crippen LogP contribution in [0.1, 0.15) is 38.3 Å². The van der Waals surface area contributed by atoms with Crippen molar-refractivity contribution >= 4 is 5.91 Å². The van der Waals surface area contributed by atoms with E-state index >= 15 is 0 Å². The molecule has 1 aromatic heterocycles. The van der Waals surface area contributed by atoms with E-state index in [4.69, 9.17) is 4.52 Å². The summed E-state index contributed by atoms with van der Waals surface area (Å²) in [4.78, 5) is 16.2. The normalized spacial score (nSPS) is 23.7. The van der Waals surface area contributed by atoms with Crippen molar-refractivity contribution in [3.05, 3.63) is 18.0 Å². The van der Waals surface area contributed by atoms with Gasteiger partial charge in [-0.1, -0.05) is 5.16 Å². The summed E-state index contributed by atoms with van der Waals surface area (Å²) in [6.07, 6.45) is 6.35. The first-order chi connectivity index (χ1) is 9.24. The van der Waals surface area contributed by atoms with Gasteiger partial charge < -0.3 is 9.42 Å². The van der Waals surface area contributed by atoms with Crippen molar-refractivity contribution in [1.29, 1.82) is 0 Å². The predicted octanol–water partition coefficient (Wildman–Crippen LogP) is 1.65. The van der Waals surface area contributed by atoms with Crippen molar-refractivity contribution in [3.63, 3.8) is 0 Å². The molecule has 0 bridgehead atoms. The van der Waals surface area contributed by atoms with E-state index in [1.807, 2.05) is 6.07 Å². The molecule has 1 aromatic rings. The first-order valence-electron chi connectivity index (χ1n) is 7.14. The third-order valence-electron chi connectivity index (χ3n) is 4.15. The Balaban J connectivity index is 1.60. The SMILES string of the molecule is CC(=O)N(C[C@@H]1CCCN1Cc1ccon1)C1CC1. The van der Waals surface area contributed by atoms with Gasteiger partial charge in [-0.3, -0.25) is 9.69 Å². The van der Waals surface area contributed by atoms with Crippen LogP contribution < -0.4 is 0 Å². The molecule has 1 saturated carbocycles. The van der Waals surface area contributed by atoms with E-state index < -0.39 is 0 Å². The Morgan fingerprint density at radius 1 is 1.53 bits per heavy atom. The van der Waals surface area contributed by atoms with Gasteiger partial charge in [0, 0.05) is 38.2 Å².